The highest BCUT2D eigenvalue weighted by Crippen LogP contribution is 2.20. The molecule has 1 aromatic heterocycles. The van der Waals surface area contributed by atoms with Crippen LogP contribution in [0.3, 0.4) is 0 Å². The molecule has 1 heterocycles. The Hall–Kier alpha value is -2.80. The van der Waals surface area contributed by atoms with E-state index in [1.807, 2.05) is 24.3 Å². The third-order valence-electron chi connectivity index (χ3n) is 3.38. The fourth-order valence-corrected chi connectivity index (χ4v) is 2.68. The number of amides is 1. The van der Waals surface area contributed by atoms with Gasteiger partial charge in [-0.1, -0.05) is 29.5 Å². The monoisotopic (exact) mass is 384 g/mol. The van der Waals surface area contributed by atoms with Crippen LogP contribution in [-0.2, 0) is 0 Å². The first-order chi connectivity index (χ1) is 11.6. The Morgan fingerprint density at radius 1 is 1.08 bits per heavy atom. The lowest BCUT2D eigenvalue weighted by Gasteiger charge is -2.07. The highest BCUT2D eigenvalue weighted by molar-refractivity contribution is 9.10. The van der Waals surface area contributed by atoms with Crippen LogP contribution >= 0.6 is 15.9 Å². The molecule has 3 aromatic rings. The van der Waals surface area contributed by atoms with Gasteiger partial charge in [0.1, 0.15) is 0 Å². The van der Waals surface area contributed by atoms with Crippen molar-refractivity contribution in [1.29, 1.82) is 0 Å². The van der Waals surface area contributed by atoms with Crippen LogP contribution < -0.4 is 5.32 Å². The third-order valence-corrected chi connectivity index (χ3v) is 4.05. The zero-order valence-corrected chi connectivity index (χ0v) is 14.3. The van der Waals surface area contributed by atoms with Gasteiger partial charge in [0.15, 0.2) is 11.5 Å². The number of para-hydroxylation sites is 2. The highest BCUT2D eigenvalue weighted by Gasteiger charge is 2.15. The van der Waals surface area contributed by atoms with Crippen LogP contribution in [0.2, 0.25) is 0 Å². The predicted molar refractivity (Wildman–Crippen MR) is 93.5 cm³/mol. The van der Waals surface area contributed by atoms with E-state index in [9.17, 15) is 9.59 Å². The molecule has 0 aliphatic heterocycles. The SMILES string of the molecule is CC(=O)c1ccccc1NC(=O)c1cn(-c2ccccc2Br)nn1. The first-order valence-corrected chi connectivity index (χ1v) is 7.94. The van der Waals surface area contributed by atoms with E-state index in [0.717, 1.165) is 10.2 Å². The van der Waals surface area contributed by atoms with Crippen LogP contribution in [0.25, 0.3) is 5.69 Å². The van der Waals surface area contributed by atoms with Crippen molar-refractivity contribution in [3.8, 4) is 5.69 Å². The lowest BCUT2D eigenvalue weighted by atomic mass is 10.1. The molecule has 120 valence electrons. The molecular formula is C17H13BrN4O2. The van der Waals surface area contributed by atoms with Crippen LogP contribution in [0, 0.1) is 0 Å². The third kappa shape index (κ3) is 3.26. The zero-order valence-electron chi connectivity index (χ0n) is 12.7. The number of halogens is 1. The number of rotatable bonds is 4. The van der Waals surface area contributed by atoms with E-state index in [1.165, 1.54) is 17.8 Å². The summed E-state index contributed by atoms with van der Waals surface area (Å²) in [5, 5.41) is 10.6. The van der Waals surface area contributed by atoms with Crippen molar-refractivity contribution < 1.29 is 9.59 Å². The number of aromatic nitrogens is 3. The number of nitrogens with one attached hydrogen (secondary N) is 1. The quantitative estimate of drug-likeness (QED) is 0.698. The molecule has 0 fully saturated rings. The van der Waals surface area contributed by atoms with Gasteiger partial charge in [0.25, 0.3) is 5.91 Å². The first kappa shape index (κ1) is 16.1. The standard InChI is InChI=1S/C17H13BrN4O2/c1-11(23)12-6-2-4-8-14(12)19-17(24)15-10-22(21-20-15)16-9-5-3-7-13(16)18/h2-10H,1H3,(H,19,24). The molecule has 0 unspecified atom stereocenters. The number of Topliss-reactive ketones (excluding diaryl/α,β-unsaturated/α-hetero) is 1. The Bertz CT molecular complexity index is 920. The van der Waals surface area contributed by atoms with E-state index in [0.29, 0.717) is 11.3 Å². The molecule has 7 heteroatoms. The molecule has 1 N–H and O–H groups in total. The number of carbonyl (C=O) groups excluding carboxylic acids is 2. The summed E-state index contributed by atoms with van der Waals surface area (Å²) in [7, 11) is 0. The molecule has 2 aromatic carbocycles. The largest absolute Gasteiger partial charge is 0.320 e. The van der Waals surface area contributed by atoms with Crippen molar-refractivity contribution in [1.82, 2.24) is 15.0 Å². The Morgan fingerprint density at radius 3 is 2.54 bits per heavy atom. The van der Waals surface area contributed by atoms with Gasteiger partial charge in [0.05, 0.1) is 17.6 Å². The van der Waals surface area contributed by atoms with Crippen molar-refractivity contribution in [3.63, 3.8) is 0 Å². The Balaban J connectivity index is 1.85. The summed E-state index contributed by atoms with van der Waals surface area (Å²) in [5.41, 5.74) is 1.83. The second-order valence-corrected chi connectivity index (χ2v) is 5.91. The van der Waals surface area contributed by atoms with Crippen LogP contribution in [0.4, 0.5) is 5.69 Å². The number of benzene rings is 2. The van der Waals surface area contributed by atoms with Crippen molar-refractivity contribution in [3.05, 3.63) is 70.5 Å². The summed E-state index contributed by atoms with van der Waals surface area (Å²) in [5.74, 6) is -0.551. The van der Waals surface area contributed by atoms with E-state index in [4.69, 9.17) is 0 Å². The van der Waals surface area contributed by atoms with Gasteiger partial charge >= 0.3 is 0 Å². The lowest BCUT2D eigenvalue weighted by Crippen LogP contribution is -2.14. The highest BCUT2D eigenvalue weighted by atomic mass is 79.9. The molecule has 3 rings (SSSR count). The fraction of sp³-hybridized carbons (Fsp3) is 0.0588. The number of carbonyl (C=O) groups is 2. The molecule has 0 bridgehead atoms. The maximum Gasteiger partial charge on any atom is 0.277 e. The second kappa shape index (κ2) is 6.76. The summed E-state index contributed by atoms with van der Waals surface area (Å²) in [6.45, 7) is 1.45. The zero-order chi connectivity index (χ0) is 17.1. The molecule has 0 atom stereocenters. The molecule has 0 spiro atoms. The molecule has 0 saturated carbocycles. The fourth-order valence-electron chi connectivity index (χ4n) is 2.21. The maximum atomic E-state index is 12.4. The molecule has 0 saturated heterocycles. The van der Waals surface area contributed by atoms with Gasteiger partial charge in [0, 0.05) is 10.0 Å². The van der Waals surface area contributed by atoms with Gasteiger partial charge in [-0.05, 0) is 47.1 Å². The van der Waals surface area contributed by atoms with Gasteiger partial charge in [-0.2, -0.15) is 0 Å². The minimum atomic E-state index is -0.429. The van der Waals surface area contributed by atoms with Crippen molar-refractivity contribution >= 4 is 33.3 Å². The summed E-state index contributed by atoms with van der Waals surface area (Å²) < 4.78 is 2.35. The van der Waals surface area contributed by atoms with E-state index in [-0.39, 0.29) is 11.5 Å². The average molecular weight is 385 g/mol. The van der Waals surface area contributed by atoms with Gasteiger partial charge in [-0.25, -0.2) is 4.68 Å². The van der Waals surface area contributed by atoms with Crippen LogP contribution in [0.5, 0.6) is 0 Å². The second-order valence-electron chi connectivity index (χ2n) is 5.06. The van der Waals surface area contributed by atoms with Gasteiger partial charge in [-0.3, -0.25) is 9.59 Å². The minimum Gasteiger partial charge on any atom is -0.320 e. The van der Waals surface area contributed by atoms with Crippen molar-refractivity contribution in [2.45, 2.75) is 6.92 Å². The number of nitrogens with zero attached hydrogens (tertiary/aromatic N) is 3. The van der Waals surface area contributed by atoms with Gasteiger partial charge in [0.2, 0.25) is 0 Å². The molecule has 6 nitrogen and oxygen atoms in total. The molecule has 0 radical (unpaired) electrons. The van der Waals surface area contributed by atoms with E-state index in [1.54, 1.807) is 24.3 Å². The molecule has 0 aliphatic rings. The van der Waals surface area contributed by atoms with Crippen molar-refractivity contribution in [2.75, 3.05) is 5.32 Å². The lowest BCUT2D eigenvalue weighted by molar-refractivity contribution is 0.101. The van der Waals surface area contributed by atoms with Crippen LogP contribution in [0.15, 0.2) is 59.2 Å². The van der Waals surface area contributed by atoms with E-state index < -0.39 is 5.91 Å². The number of hydrogen-bond acceptors (Lipinski definition) is 4. The summed E-state index contributed by atoms with van der Waals surface area (Å²) in [6.07, 6.45) is 1.53. The molecular weight excluding hydrogens is 372 g/mol. The summed E-state index contributed by atoms with van der Waals surface area (Å²) in [6, 6.07) is 14.3. The van der Waals surface area contributed by atoms with Gasteiger partial charge < -0.3 is 5.32 Å². The smallest absolute Gasteiger partial charge is 0.277 e. The Morgan fingerprint density at radius 2 is 1.79 bits per heavy atom. The topological polar surface area (TPSA) is 76.9 Å². The van der Waals surface area contributed by atoms with Crippen LogP contribution in [-0.4, -0.2) is 26.7 Å². The average Bonchev–Trinajstić information content (AvgIpc) is 3.05. The number of anilines is 1. The van der Waals surface area contributed by atoms with E-state index in [2.05, 4.69) is 31.6 Å². The summed E-state index contributed by atoms with van der Waals surface area (Å²) >= 11 is 3.43. The van der Waals surface area contributed by atoms with Crippen LogP contribution in [0.1, 0.15) is 27.8 Å². The van der Waals surface area contributed by atoms with E-state index >= 15 is 0 Å². The number of hydrogen-bond donors (Lipinski definition) is 1. The first-order valence-electron chi connectivity index (χ1n) is 7.15. The predicted octanol–water partition coefficient (Wildman–Crippen LogP) is 3.48. The number of ketones is 1. The minimum absolute atomic E-state index is 0.122. The maximum absolute atomic E-state index is 12.4. The Labute approximate surface area is 146 Å². The summed E-state index contributed by atoms with van der Waals surface area (Å²) in [4.78, 5) is 24.0. The van der Waals surface area contributed by atoms with Crippen molar-refractivity contribution in [2.24, 2.45) is 0 Å². The molecule has 1 amide bonds. The molecule has 0 aliphatic carbocycles. The molecule has 24 heavy (non-hydrogen) atoms. The van der Waals surface area contributed by atoms with Gasteiger partial charge in [-0.15, -0.1) is 5.10 Å². The Kier molecular flexibility index (Phi) is 4.52. The normalized spacial score (nSPS) is 10.4.